The summed E-state index contributed by atoms with van der Waals surface area (Å²) >= 11 is 0. The minimum Gasteiger partial charge on any atom is -0.497 e. The number of hydrogen-bond donors (Lipinski definition) is 1. The van der Waals surface area contributed by atoms with Crippen molar-refractivity contribution in [1.82, 2.24) is 19.8 Å². The molecule has 1 amide bonds. The van der Waals surface area contributed by atoms with Crippen molar-refractivity contribution in [3.05, 3.63) is 95.8 Å². The minimum atomic E-state index is -0.00572. The van der Waals surface area contributed by atoms with Crippen LogP contribution in [0, 0.1) is 5.92 Å². The fourth-order valence-electron chi connectivity index (χ4n) is 5.47. The number of hydrogen-bond acceptors (Lipinski definition) is 5. The summed E-state index contributed by atoms with van der Waals surface area (Å²) in [6.07, 6.45) is 2.58. The van der Waals surface area contributed by atoms with Gasteiger partial charge in [0.2, 0.25) is 5.78 Å². The molecule has 39 heavy (non-hydrogen) atoms. The first-order valence-corrected chi connectivity index (χ1v) is 13.7. The van der Waals surface area contributed by atoms with Crippen LogP contribution in [0.1, 0.15) is 51.7 Å². The van der Waals surface area contributed by atoms with Crippen molar-refractivity contribution in [2.75, 3.05) is 40.3 Å². The summed E-state index contributed by atoms with van der Waals surface area (Å²) in [5, 5.41) is 0. The van der Waals surface area contributed by atoms with Crippen molar-refractivity contribution in [1.29, 1.82) is 0 Å². The average molecular weight is 525 g/mol. The van der Waals surface area contributed by atoms with Gasteiger partial charge in [-0.25, -0.2) is 4.98 Å². The number of methoxy groups -OCH3 is 1. The zero-order chi connectivity index (χ0) is 27.2. The summed E-state index contributed by atoms with van der Waals surface area (Å²) in [5.74, 6) is 1.61. The topological polar surface area (TPSA) is 78.5 Å². The second kappa shape index (κ2) is 12.3. The van der Waals surface area contributed by atoms with Crippen LogP contribution >= 0.6 is 0 Å². The van der Waals surface area contributed by atoms with Gasteiger partial charge in [0.1, 0.15) is 5.75 Å². The number of nitrogens with zero attached hydrogens (tertiary/aromatic N) is 3. The van der Waals surface area contributed by atoms with Crippen LogP contribution in [-0.4, -0.2) is 71.8 Å². The second-order valence-corrected chi connectivity index (χ2v) is 10.4. The number of rotatable bonds is 10. The molecule has 0 bridgehead atoms. The quantitative estimate of drug-likeness (QED) is 0.281. The van der Waals surface area contributed by atoms with Gasteiger partial charge in [0.05, 0.1) is 18.1 Å². The van der Waals surface area contributed by atoms with E-state index in [1.165, 1.54) is 5.56 Å². The molecule has 5 rings (SSSR count). The van der Waals surface area contributed by atoms with E-state index in [-0.39, 0.29) is 23.5 Å². The van der Waals surface area contributed by atoms with E-state index in [2.05, 4.69) is 27.0 Å². The highest BCUT2D eigenvalue weighted by Crippen LogP contribution is 2.27. The zero-order valence-electron chi connectivity index (χ0n) is 22.7. The lowest BCUT2D eigenvalue weighted by Gasteiger charge is -2.33. The number of para-hydroxylation sites is 2. The number of piperidine rings is 1. The molecule has 7 heteroatoms. The number of Topliss-reactive ketones (excluding diaryl/α,β-unsaturated/α-hetero) is 1. The average Bonchev–Trinajstić information content (AvgIpc) is 3.44. The molecule has 0 aliphatic carbocycles. The second-order valence-electron chi connectivity index (χ2n) is 10.4. The summed E-state index contributed by atoms with van der Waals surface area (Å²) in [6, 6.07) is 25.3. The van der Waals surface area contributed by atoms with Gasteiger partial charge in [0.25, 0.3) is 5.91 Å². The van der Waals surface area contributed by atoms with Gasteiger partial charge in [0.15, 0.2) is 5.82 Å². The molecule has 1 N–H and O–H groups in total. The Labute approximate surface area is 229 Å². The number of aromatic amines is 1. The standard InChI is InChI=1S/C32H36N4O3/c1-35(32(38)25-8-4-3-5-9-25)22-26(23-12-14-27(39-2)15-13-23)18-21-36-19-16-24(17-20-36)30(37)31-33-28-10-6-7-11-29(28)34-31/h3-15,24,26H,16-22H2,1-2H3,(H,33,34). The maximum atomic E-state index is 13.1. The van der Waals surface area contributed by atoms with E-state index in [4.69, 9.17) is 4.74 Å². The van der Waals surface area contributed by atoms with Gasteiger partial charge in [-0.1, -0.05) is 42.5 Å². The fraction of sp³-hybridized carbons (Fsp3) is 0.344. The van der Waals surface area contributed by atoms with Gasteiger partial charge in [0, 0.05) is 31.0 Å². The first-order valence-electron chi connectivity index (χ1n) is 13.7. The van der Waals surface area contributed by atoms with Crippen LogP contribution in [0.3, 0.4) is 0 Å². The Morgan fingerprint density at radius 2 is 1.69 bits per heavy atom. The molecule has 1 saturated heterocycles. The predicted molar refractivity (Wildman–Crippen MR) is 153 cm³/mol. The molecule has 0 spiro atoms. The number of likely N-dealkylation sites (N-methyl/N-ethyl adjacent to an activating group) is 1. The van der Waals surface area contributed by atoms with Crippen molar-refractivity contribution in [2.24, 2.45) is 5.92 Å². The van der Waals surface area contributed by atoms with Crippen molar-refractivity contribution < 1.29 is 14.3 Å². The molecule has 0 saturated carbocycles. The van der Waals surface area contributed by atoms with Crippen molar-refractivity contribution in [3.8, 4) is 5.75 Å². The number of ketones is 1. The number of carbonyl (C=O) groups is 2. The highest BCUT2D eigenvalue weighted by molar-refractivity contribution is 5.97. The number of amides is 1. The van der Waals surface area contributed by atoms with Crippen LogP contribution in [0.2, 0.25) is 0 Å². The number of nitrogens with one attached hydrogen (secondary N) is 1. The van der Waals surface area contributed by atoms with E-state index in [9.17, 15) is 9.59 Å². The normalized spacial score (nSPS) is 15.2. The van der Waals surface area contributed by atoms with E-state index in [1.807, 2.05) is 78.7 Å². The molecule has 1 atom stereocenters. The van der Waals surface area contributed by atoms with E-state index in [0.29, 0.717) is 17.9 Å². The number of ether oxygens (including phenoxy) is 1. The molecule has 202 valence electrons. The Hall–Kier alpha value is -3.97. The Morgan fingerprint density at radius 1 is 1.00 bits per heavy atom. The molecule has 1 aromatic heterocycles. The number of H-pyrrole nitrogens is 1. The van der Waals surface area contributed by atoms with Crippen LogP contribution in [-0.2, 0) is 0 Å². The van der Waals surface area contributed by atoms with Gasteiger partial charge >= 0.3 is 0 Å². The number of benzene rings is 3. The maximum Gasteiger partial charge on any atom is 0.253 e. The third-order valence-electron chi connectivity index (χ3n) is 7.82. The van der Waals surface area contributed by atoms with Gasteiger partial charge < -0.3 is 19.5 Å². The molecule has 0 radical (unpaired) electrons. The summed E-state index contributed by atoms with van der Waals surface area (Å²) in [5.41, 5.74) is 3.63. The fourth-order valence-corrected chi connectivity index (χ4v) is 5.47. The molecule has 1 unspecified atom stereocenters. The van der Waals surface area contributed by atoms with Gasteiger partial charge in [-0.15, -0.1) is 0 Å². The Kier molecular flexibility index (Phi) is 8.37. The van der Waals surface area contributed by atoms with Crippen molar-refractivity contribution in [2.45, 2.75) is 25.2 Å². The van der Waals surface area contributed by atoms with Crippen molar-refractivity contribution >= 4 is 22.7 Å². The van der Waals surface area contributed by atoms with Gasteiger partial charge in [-0.05, 0) is 80.9 Å². The summed E-state index contributed by atoms with van der Waals surface area (Å²) < 4.78 is 5.35. The molecule has 3 aromatic carbocycles. The molecular weight excluding hydrogens is 488 g/mol. The number of fused-ring (bicyclic) bond motifs is 1. The highest BCUT2D eigenvalue weighted by atomic mass is 16.5. The predicted octanol–water partition coefficient (Wildman–Crippen LogP) is 5.41. The first-order chi connectivity index (χ1) is 19.0. The monoisotopic (exact) mass is 524 g/mol. The van der Waals surface area contributed by atoms with Crippen LogP contribution in [0.4, 0.5) is 0 Å². The molecular formula is C32H36N4O3. The Balaban J connectivity index is 1.20. The minimum absolute atomic E-state index is 0.00572. The molecule has 1 aliphatic rings. The van der Waals surface area contributed by atoms with Crippen molar-refractivity contribution in [3.63, 3.8) is 0 Å². The smallest absolute Gasteiger partial charge is 0.253 e. The molecule has 1 fully saturated rings. The Bertz CT molecular complexity index is 1360. The summed E-state index contributed by atoms with van der Waals surface area (Å²) in [4.78, 5) is 38.1. The molecule has 1 aliphatic heterocycles. The summed E-state index contributed by atoms with van der Waals surface area (Å²) in [7, 11) is 3.54. The molecule has 4 aromatic rings. The van der Waals surface area contributed by atoms with E-state index >= 15 is 0 Å². The Morgan fingerprint density at radius 3 is 2.38 bits per heavy atom. The van der Waals surface area contributed by atoms with Gasteiger partial charge in [-0.2, -0.15) is 0 Å². The first kappa shape index (κ1) is 26.6. The third-order valence-corrected chi connectivity index (χ3v) is 7.82. The van der Waals surface area contributed by atoms with Gasteiger partial charge in [-0.3, -0.25) is 9.59 Å². The number of imidazole rings is 1. The molecule has 2 heterocycles. The highest BCUT2D eigenvalue weighted by Gasteiger charge is 2.28. The maximum absolute atomic E-state index is 13.1. The lowest BCUT2D eigenvalue weighted by Crippen LogP contribution is -2.38. The summed E-state index contributed by atoms with van der Waals surface area (Å²) in [6.45, 7) is 3.30. The van der Waals surface area contributed by atoms with Crippen LogP contribution < -0.4 is 4.74 Å². The van der Waals surface area contributed by atoms with Crippen LogP contribution in [0.25, 0.3) is 11.0 Å². The lowest BCUT2D eigenvalue weighted by atomic mass is 9.90. The van der Waals surface area contributed by atoms with E-state index < -0.39 is 0 Å². The zero-order valence-corrected chi connectivity index (χ0v) is 22.7. The number of likely N-dealkylation sites (tertiary alicyclic amines) is 1. The molecule has 7 nitrogen and oxygen atoms in total. The number of carbonyl (C=O) groups excluding carboxylic acids is 2. The third kappa shape index (κ3) is 6.37. The van der Waals surface area contributed by atoms with E-state index in [1.54, 1.807) is 7.11 Å². The SMILES string of the molecule is COc1ccc(C(CCN2CCC(C(=O)c3nc4ccccc4[nH]3)CC2)CN(C)C(=O)c2ccccc2)cc1. The van der Waals surface area contributed by atoms with Crippen LogP contribution in [0.15, 0.2) is 78.9 Å². The lowest BCUT2D eigenvalue weighted by molar-refractivity contribution is 0.0779. The van der Waals surface area contributed by atoms with Crippen LogP contribution in [0.5, 0.6) is 5.75 Å². The number of aromatic nitrogens is 2. The van der Waals surface area contributed by atoms with E-state index in [0.717, 1.165) is 55.7 Å². The largest absolute Gasteiger partial charge is 0.497 e.